The second-order valence-corrected chi connectivity index (χ2v) is 5.77. The number of carbonyl (C=O) groups excluding carboxylic acids is 1. The fraction of sp³-hybridized carbons (Fsp3) is 0.933. The monoisotopic (exact) mass is 268 g/mol. The van der Waals surface area contributed by atoms with Crippen LogP contribution in [-0.4, -0.2) is 48.2 Å². The molecule has 0 aromatic rings. The van der Waals surface area contributed by atoms with E-state index < -0.39 is 0 Å². The van der Waals surface area contributed by atoms with Crippen molar-refractivity contribution in [3.63, 3.8) is 0 Å². The van der Waals surface area contributed by atoms with Crippen LogP contribution in [0.1, 0.15) is 52.9 Å². The SMILES string of the molecule is CCOC(=O)C(CC)N(CC)C1CC2CCC(C1)N2. The molecule has 2 fully saturated rings. The Morgan fingerprint density at radius 3 is 2.37 bits per heavy atom. The first kappa shape index (κ1) is 14.8. The summed E-state index contributed by atoms with van der Waals surface area (Å²) in [5.74, 6) is -0.0438. The van der Waals surface area contributed by atoms with Crippen molar-refractivity contribution in [3.8, 4) is 0 Å². The van der Waals surface area contributed by atoms with Crippen molar-refractivity contribution in [2.24, 2.45) is 0 Å². The Labute approximate surface area is 116 Å². The van der Waals surface area contributed by atoms with Crippen LogP contribution in [0.3, 0.4) is 0 Å². The Morgan fingerprint density at radius 2 is 1.89 bits per heavy atom. The first-order valence-corrected chi connectivity index (χ1v) is 7.87. The van der Waals surface area contributed by atoms with E-state index in [1.165, 1.54) is 25.7 Å². The molecule has 0 amide bonds. The fourth-order valence-electron chi connectivity index (χ4n) is 3.81. The highest BCUT2D eigenvalue weighted by Crippen LogP contribution is 2.31. The lowest BCUT2D eigenvalue weighted by molar-refractivity contribution is -0.151. The zero-order valence-corrected chi connectivity index (χ0v) is 12.5. The Bertz CT molecular complexity index is 297. The van der Waals surface area contributed by atoms with Crippen LogP contribution in [0, 0.1) is 0 Å². The van der Waals surface area contributed by atoms with Crippen molar-refractivity contribution in [1.82, 2.24) is 10.2 Å². The average molecular weight is 268 g/mol. The van der Waals surface area contributed by atoms with Crippen LogP contribution >= 0.6 is 0 Å². The van der Waals surface area contributed by atoms with Gasteiger partial charge in [0.25, 0.3) is 0 Å². The molecule has 1 N–H and O–H groups in total. The zero-order chi connectivity index (χ0) is 13.8. The predicted molar refractivity (Wildman–Crippen MR) is 76.1 cm³/mol. The Morgan fingerprint density at radius 1 is 1.26 bits per heavy atom. The van der Waals surface area contributed by atoms with E-state index in [2.05, 4.69) is 24.1 Å². The summed E-state index contributed by atoms with van der Waals surface area (Å²) >= 11 is 0. The second-order valence-electron chi connectivity index (χ2n) is 5.77. The molecule has 0 aromatic carbocycles. The number of likely N-dealkylation sites (N-methyl/N-ethyl adjacent to an activating group) is 1. The molecule has 0 radical (unpaired) electrons. The number of ether oxygens (including phenoxy) is 1. The molecule has 2 aliphatic heterocycles. The number of hydrogen-bond acceptors (Lipinski definition) is 4. The largest absolute Gasteiger partial charge is 0.465 e. The highest BCUT2D eigenvalue weighted by Gasteiger charge is 2.39. The molecule has 2 saturated heterocycles. The minimum Gasteiger partial charge on any atom is -0.465 e. The summed E-state index contributed by atoms with van der Waals surface area (Å²) in [4.78, 5) is 14.5. The summed E-state index contributed by atoms with van der Waals surface area (Å²) < 4.78 is 5.24. The van der Waals surface area contributed by atoms with E-state index in [4.69, 9.17) is 4.74 Å². The Kier molecular flexibility index (Phi) is 5.22. The van der Waals surface area contributed by atoms with E-state index in [9.17, 15) is 4.79 Å². The molecule has 4 heteroatoms. The van der Waals surface area contributed by atoms with Gasteiger partial charge in [-0.2, -0.15) is 0 Å². The van der Waals surface area contributed by atoms with Crippen LogP contribution in [0.5, 0.6) is 0 Å². The van der Waals surface area contributed by atoms with E-state index in [0.29, 0.717) is 24.7 Å². The number of carbonyl (C=O) groups is 1. The molecule has 19 heavy (non-hydrogen) atoms. The van der Waals surface area contributed by atoms with Gasteiger partial charge in [0.15, 0.2) is 0 Å². The summed E-state index contributed by atoms with van der Waals surface area (Å²) in [5.41, 5.74) is 0. The summed E-state index contributed by atoms with van der Waals surface area (Å²) in [6.07, 6.45) is 5.80. The van der Waals surface area contributed by atoms with Gasteiger partial charge in [-0.05, 0) is 45.6 Å². The topological polar surface area (TPSA) is 41.6 Å². The highest BCUT2D eigenvalue weighted by atomic mass is 16.5. The molecule has 0 spiro atoms. The lowest BCUT2D eigenvalue weighted by Gasteiger charge is -2.40. The molecule has 110 valence electrons. The van der Waals surface area contributed by atoms with Crippen LogP contribution in [-0.2, 0) is 9.53 Å². The van der Waals surface area contributed by atoms with E-state index >= 15 is 0 Å². The van der Waals surface area contributed by atoms with E-state index in [-0.39, 0.29) is 12.0 Å². The summed E-state index contributed by atoms with van der Waals surface area (Å²) in [6.45, 7) is 7.53. The average Bonchev–Trinajstić information content (AvgIpc) is 2.74. The third kappa shape index (κ3) is 3.29. The Balaban J connectivity index is 2.03. The van der Waals surface area contributed by atoms with Gasteiger partial charge in [-0.25, -0.2) is 0 Å². The van der Waals surface area contributed by atoms with Crippen molar-refractivity contribution in [2.75, 3.05) is 13.2 Å². The lowest BCUT2D eigenvalue weighted by Crippen LogP contribution is -2.53. The molecular formula is C15H28N2O2. The minimum atomic E-state index is -0.0625. The molecule has 2 aliphatic rings. The second kappa shape index (κ2) is 6.71. The van der Waals surface area contributed by atoms with Crippen LogP contribution in [0.4, 0.5) is 0 Å². The van der Waals surface area contributed by atoms with Gasteiger partial charge in [0.2, 0.25) is 0 Å². The third-order valence-electron chi connectivity index (χ3n) is 4.63. The number of piperidine rings is 1. The quantitative estimate of drug-likeness (QED) is 0.748. The van der Waals surface area contributed by atoms with Gasteiger partial charge in [-0.15, -0.1) is 0 Å². The first-order valence-electron chi connectivity index (χ1n) is 7.87. The molecule has 3 unspecified atom stereocenters. The van der Waals surface area contributed by atoms with Crippen molar-refractivity contribution < 1.29 is 9.53 Å². The van der Waals surface area contributed by atoms with Gasteiger partial charge in [0, 0.05) is 18.1 Å². The lowest BCUT2D eigenvalue weighted by atomic mass is 9.96. The molecule has 0 saturated carbocycles. The number of rotatable bonds is 6. The highest BCUT2D eigenvalue weighted by molar-refractivity contribution is 5.75. The van der Waals surface area contributed by atoms with Crippen molar-refractivity contribution >= 4 is 5.97 Å². The van der Waals surface area contributed by atoms with Gasteiger partial charge in [0.05, 0.1) is 6.61 Å². The molecule has 3 atom stereocenters. The van der Waals surface area contributed by atoms with Gasteiger partial charge in [-0.1, -0.05) is 13.8 Å². The Hall–Kier alpha value is -0.610. The van der Waals surface area contributed by atoms with E-state index in [1.807, 2.05) is 6.92 Å². The van der Waals surface area contributed by atoms with Crippen molar-refractivity contribution in [1.29, 1.82) is 0 Å². The normalized spacial score (nSPS) is 31.5. The zero-order valence-electron chi connectivity index (χ0n) is 12.5. The van der Waals surface area contributed by atoms with Crippen LogP contribution in [0.25, 0.3) is 0 Å². The molecule has 2 heterocycles. The van der Waals surface area contributed by atoms with Crippen LogP contribution in [0.15, 0.2) is 0 Å². The maximum atomic E-state index is 12.1. The van der Waals surface area contributed by atoms with Gasteiger partial charge in [-0.3, -0.25) is 9.69 Å². The molecule has 2 rings (SSSR count). The smallest absolute Gasteiger partial charge is 0.323 e. The van der Waals surface area contributed by atoms with Gasteiger partial charge < -0.3 is 10.1 Å². The third-order valence-corrected chi connectivity index (χ3v) is 4.63. The van der Waals surface area contributed by atoms with E-state index in [0.717, 1.165) is 13.0 Å². The molecule has 0 aromatic heterocycles. The number of fused-ring (bicyclic) bond motifs is 2. The maximum Gasteiger partial charge on any atom is 0.323 e. The van der Waals surface area contributed by atoms with Crippen LogP contribution < -0.4 is 5.32 Å². The van der Waals surface area contributed by atoms with Crippen LogP contribution in [0.2, 0.25) is 0 Å². The molecule has 4 nitrogen and oxygen atoms in total. The van der Waals surface area contributed by atoms with Gasteiger partial charge >= 0.3 is 5.97 Å². The summed E-state index contributed by atoms with van der Waals surface area (Å²) in [6, 6.07) is 1.81. The number of hydrogen-bond donors (Lipinski definition) is 1. The molecule has 0 aliphatic carbocycles. The van der Waals surface area contributed by atoms with Gasteiger partial charge in [0.1, 0.15) is 6.04 Å². The first-order chi connectivity index (χ1) is 9.19. The number of esters is 1. The summed E-state index contributed by atoms with van der Waals surface area (Å²) in [5, 5.41) is 3.67. The fourth-order valence-corrected chi connectivity index (χ4v) is 3.81. The number of nitrogens with one attached hydrogen (secondary N) is 1. The molecule has 2 bridgehead atoms. The van der Waals surface area contributed by atoms with Crippen molar-refractivity contribution in [3.05, 3.63) is 0 Å². The van der Waals surface area contributed by atoms with E-state index in [1.54, 1.807) is 0 Å². The number of nitrogens with zero attached hydrogens (tertiary/aromatic N) is 1. The standard InChI is InChI=1S/C15H28N2O2/c1-4-14(15(18)19-6-3)17(5-2)13-9-11-7-8-12(10-13)16-11/h11-14,16H,4-10H2,1-3H3. The molecular weight excluding hydrogens is 240 g/mol. The maximum absolute atomic E-state index is 12.1. The minimum absolute atomic E-state index is 0.0438. The van der Waals surface area contributed by atoms with Crippen molar-refractivity contribution in [2.45, 2.75) is 77.0 Å². The predicted octanol–water partition coefficient (Wildman–Crippen LogP) is 1.93. The summed E-state index contributed by atoms with van der Waals surface area (Å²) in [7, 11) is 0.